The van der Waals surface area contributed by atoms with E-state index >= 15 is 0 Å². The van der Waals surface area contributed by atoms with Crippen molar-refractivity contribution in [2.45, 2.75) is 6.92 Å². The molecule has 0 radical (unpaired) electrons. The van der Waals surface area contributed by atoms with Crippen LogP contribution in [-0.2, 0) is 9.59 Å². The molecule has 5 nitrogen and oxygen atoms in total. The van der Waals surface area contributed by atoms with Gasteiger partial charge in [0.2, 0.25) is 5.91 Å². The highest BCUT2D eigenvalue weighted by Crippen LogP contribution is 2.31. The Hall–Kier alpha value is -2.95. The summed E-state index contributed by atoms with van der Waals surface area (Å²) < 4.78 is 5.10. The number of rotatable bonds is 2. The van der Waals surface area contributed by atoms with Crippen molar-refractivity contribution in [1.29, 1.82) is 0 Å². The number of carbonyl (C=O) groups is 2. The summed E-state index contributed by atoms with van der Waals surface area (Å²) in [6.07, 6.45) is 0. The van der Waals surface area contributed by atoms with E-state index in [0.717, 1.165) is 4.90 Å². The number of nitrogens with zero attached hydrogens (tertiary/aromatic N) is 2. The predicted molar refractivity (Wildman–Crippen MR) is 83.8 cm³/mol. The minimum atomic E-state index is -0.399. The lowest BCUT2D eigenvalue weighted by molar-refractivity contribution is -0.121. The van der Waals surface area contributed by atoms with Crippen molar-refractivity contribution in [2.75, 3.05) is 12.0 Å². The first kappa shape index (κ1) is 14.0. The highest BCUT2D eigenvalue weighted by Gasteiger charge is 2.36. The van der Waals surface area contributed by atoms with Crippen LogP contribution in [0, 0.1) is 0 Å². The number of benzene rings is 2. The van der Waals surface area contributed by atoms with Gasteiger partial charge in [-0.15, -0.1) is 0 Å². The number of anilines is 1. The van der Waals surface area contributed by atoms with Gasteiger partial charge in [0.15, 0.2) is 0 Å². The normalized spacial score (nSPS) is 15.1. The van der Waals surface area contributed by atoms with Crippen molar-refractivity contribution in [2.24, 2.45) is 4.99 Å². The summed E-state index contributed by atoms with van der Waals surface area (Å²) in [4.78, 5) is 29.8. The standard InChI is InChI=1S/C17H14N2O3/c1-11(20)19-15-6-4-3-5-14(15)16(17(19)21)18-12-7-9-13(22-2)10-8-12/h3-10H,1-2H3. The summed E-state index contributed by atoms with van der Waals surface area (Å²) in [5, 5.41) is 0. The lowest BCUT2D eigenvalue weighted by Gasteiger charge is -2.11. The molecule has 1 heterocycles. The Morgan fingerprint density at radius 1 is 1.09 bits per heavy atom. The monoisotopic (exact) mass is 294 g/mol. The summed E-state index contributed by atoms with van der Waals surface area (Å²) in [6.45, 7) is 1.37. The third-order valence-electron chi connectivity index (χ3n) is 3.43. The van der Waals surface area contributed by atoms with Gasteiger partial charge in [-0.1, -0.05) is 18.2 Å². The smallest absolute Gasteiger partial charge is 0.284 e. The summed E-state index contributed by atoms with van der Waals surface area (Å²) >= 11 is 0. The first-order valence-corrected chi connectivity index (χ1v) is 6.79. The molecule has 110 valence electrons. The second kappa shape index (κ2) is 5.44. The fourth-order valence-corrected chi connectivity index (χ4v) is 2.41. The number of hydrogen-bond donors (Lipinski definition) is 0. The van der Waals surface area contributed by atoms with Gasteiger partial charge in [-0.05, 0) is 30.3 Å². The van der Waals surface area contributed by atoms with E-state index < -0.39 is 5.91 Å². The molecule has 0 unspecified atom stereocenters. The largest absolute Gasteiger partial charge is 0.497 e. The van der Waals surface area contributed by atoms with Gasteiger partial charge in [0, 0.05) is 12.5 Å². The van der Waals surface area contributed by atoms with Crippen molar-refractivity contribution in [3.05, 3.63) is 54.1 Å². The van der Waals surface area contributed by atoms with Crippen molar-refractivity contribution in [3.63, 3.8) is 0 Å². The predicted octanol–water partition coefficient (Wildman–Crippen LogP) is 2.71. The first-order chi connectivity index (χ1) is 10.6. The van der Waals surface area contributed by atoms with Gasteiger partial charge in [0.05, 0.1) is 18.5 Å². The second-order valence-electron chi connectivity index (χ2n) is 4.84. The molecule has 2 aromatic rings. The number of carbonyl (C=O) groups excluding carboxylic acids is 2. The molecule has 0 saturated heterocycles. The number of fused-ring (bicyclic) bond motifs is 1. The molecule has 1 aliphatic rings. The Morgan fingerprint density at radius 3 is 2.41 bits per heavy atom. The van der Waals surface area contributed by atoms with E-state index in [-0.39, 0.29) is 11.6 Å². The molecule has 0 aliphatic carbocycles. The number of hydrogen-bond acceptors (Lipinski definition) is 4. The van der Waals surface area contributed by atoms with Gasteiger partial charge in [-0.2, -0.15) is 0 Å². The van der Waals surface area contributed by atoms with Crippen LogP contribution in [0.1, 0.15) is 12.5 Å². The number of amides is 2. The Balaban J connectivity index is 2.08. The fraction of sp³-hybridized carbons (Fsp3) is 0.118. The van der Waals surface area contributed by atoms with E-state index in [4.69, 9.17) is 4.74 Å². The van der Waals surface area contributed by atoms with Crippen LogP contribution in [0.4, 0.5) is 11.4 Å². The molecule has 0 spiro atoms. The summed E-state index contributed by atoms with van der Waals surface area (Å²) in [6, 6.07) is 14.2. The van der Waals surface area contributed by atoms with E-state index in [0.29, 0.717) is 22.7 Å². The molecule has 0 bridgehead atoms. The van der Waals surface area contributed by atoms with Crippen molar-refractivity contribution < 1.29 is 14.3 Å². The zero-order valence-electron chi connectivity index (χ0n) is 12.2. The summed E-state index contributed by atoms with van der Waals surface area (Å²) in [7, 11) is 1.59. The zero-order chi connectivity index (χ0) is 15.7. The van der Waals surface area contributed by atoms with E-state index in [1.54, 1.807) is 49.6 Å². The maximum Gasteiger partial charge on any atom is 0.284 e. The van der Waals surface area contributed by atoms with Crippen LogP contribution in [0.15, 0.2) is 53.5 Å². The molecule has 1 aliphatic heterocycles. The molecule has 0 N–H and O–H groups in total. The lowest BCUT2D eigenvalue weighted by atomic mass is 10.1. The SMILES string of the molecule is COc1ccc(N=C2C(=O)N(C(C)=O)c3ccccc32)cc1. The Labute approximate surface area is 127 Å². The topological polar surface area (TPSA) is 59.0 Å². The van der Waals surface area contributed by atoms with Crippen LogP contribution in [0.3, 0.4) is 0 Å². The van der Waals surface area contributed by atoms with E-state index in [2.05, 4.69) is 4.99 Å². The van der Waals surface area contributed by atoms with Crippen molar-refractivity contribution in [3.8, 4) is 5.75 Å². The van der Waals surface area contributed by atoms with Gasteiger partial charge in [0.1, 0.15) is 11.5 Å². The average molecular weight is 294 g/mol. The summed E-state index contributed by atoms with van der Waals surface area (Å²) in [5.41, 5.74) is 2.14. The number of para-hydroxylation sites is 1. The summed E-state index contributed by atoms with van der Waals surface area (Å²) in [5.74, 6) is -0.00522. The number of ether oxygens (including phenoxy) is 1. The van der Waals surface area contributed by atoms with Crippen LogP contribution in [0.5, 0.6) is 5.75 Å². The van der Waals surface area contributed by atoms with Crippen LogP contribution in [0.2, 0.25) is 0 Å². The number of aliphatic imine (C=N–C) groups is 1. The van der Waals surface area contributed by atoms with E-state index in [9.17, 15) is 9.59 Å². The van der Waals surface area contributed by atoms with Crippen LogP contribution in [-0.4, -0.2) is 24.6 Å². The molecule has 5 heteroatoms. The Morgan fingerprint density at radius 2 is 1.77 bits per heavy atom. The molecule has 0 saturated carbocycles. The molecular weight excluding hydrogens is 280 g/mol. The maximum atomic E-state index is 12.5. The number of methoxy groups -OCH3 is 1. The molecule has 0 fully saturated rings. The Kier molecular flexibility index (Phi) is 3.47. The maximum absolute atomic E-state index is 12.5. The van der Waals surface area contributed by atoms with Crippen LogP contribution in [0.25, 0.3) is 0 Å². The van der Waals surface area contributed by atoms with Gasteiger partial charge in [-0.3, -0.25) is 9.59 Å². The molecule has 22 heavy (non-hydrogen) atoms. The van der Waals surface area contributed by atoms with Crippen LogP contribution >= 0.6 is 0 Å². The zero-order valence-corrected chi connectivity index (χ0v) is 12.2. The molecule has 0 aromatic heterocycles. The lowest BCUT2D eigenvalue weighted by Crippen LogP contribution is -2.34. The Bertz CT molecular complexity index is 779. The van der Waals surface area contributed by atoms with E-state index in [1.165, 1.54) is 6.92 Å². The van der Waals surface area contributed by atoms with Crippen LogP contribution < -0.4 is 9.64 Å². The fourth-order valence-electron chi connectivity index (χ4n) is 2.41. The minimum Gasteiger partial charge on any atom is -0.497 e. The molecule has 2 aromatic carbocycles. The molecule has 3 rings (SSSR count). The first-order valence-electron chi connectivity index (χ1n) is 6.79. The molecular formula is C17H14N2O3. The average Bonchev–Trinajstić information content (AvgIpc) is 2.81. The highest BCUT2D eigenvalue weighted by atomic mass is 16.5. The van der Waals surface area contributed by atoms with Crippen molar-refractivity contribution in [1.82, 2.24) is 0 Å². The third-order valence-corrected chi connectivity index (χ3v) is 3.43. The third kappa shape index (κ3) is 2.26. The second-order valence-corrected chi connectivity index (χ2v) is 4.84. The molecule has 0 atom stereocenters. The van der Waals surface area contributed by atoms with Gasteiger partial charge in [0.25, 0.3) is 5.91 Å². The minimum absolute atomic E-state index is 0.274. The highest BCUT2D eigenvalue weighted by molar-refractivity contribution is 6.58. The quantitative estimate of drug-likeness (QED) is 0.855. The number of imide groups is 1. The van der Waals surface area contributed by atoms with E-state index in [1.807, 2.05) is 6.07 Å². The van der Waals surface area contributed by atoms with Gasteiger partial charge >= 0.3 is 0 Å². The van der Waals surface area contributed by atoms with Gasteiger partial charge in [-0.25, -0.2) is 9.89 Å². The molecule has 2 amide bonds. The van der Waals surface area contributed by atoms with Gasteiger partial charge < -0.3 is 4.74 Å². The van der Waals surface area contributed by atoms with Crippen molar-refractivity contribution >= 4 is 28.9 Å².